The zero-order valence-electron chi connectivity index (χ0n) is 9.12. The van der Waals surface area contributed by atoms with Crippen LogP contribution in [0.25, 0.3) is 0 Å². The number of nitrogens with zero attached hydrogens (tertiary/aromatic N) is 2. The lowest BCUT2D eigenvalue weighted by Crippen LogP contribution is -2.07. The van der Waals surface area contributed by atoms with E-state index in [9.17, 15) is 0 Å². The van der Waals surface area contributed by atoms with E-state index in [2.05, 4.69) is 15.5 Å². The molecule has 0 spiro atoms. The Morgan fingerprint density at radius 2 is 2.31 bits per heavy atom. The molecule has 0 unspecified atom stereocenters. The molecule has 1 aliphatic rings. The summed E-state index contributed by atoms with van der Waals surface area (Å²) in [6.07, 6.45) is 3.61. The van der Waals surface area contributed by atoms with E-state index in [1.165, 1.54) is 12.8 Å². The number of aromatic nitrogens is 2. The second-order valence-corrected chi connectivity index (χ2v) is 4.20. The fourth-order valence-corrected chi connectivity index (χ4v) is 1.39. The van der Waals surface area contributed by atoms with Crippen molar-refractivity contribution >= 4 is 17.6 Å². The molecule has 1 aromatic heterocycles. The van der Waals surface area contributed by atoms with Crippen molar-refractivity contribution in [3.05, 3.63) is 5.89 Å². The molecule has 1 saturated carbocycles. The predicted octanol–water partition coefficient (Wildman–Crippen LogP) is 2.04. The van der Waals surface area contributed by atoms with Gasteiger partial charge >= 0.3 is 6.01 Å². The van der Waals surface area contributed by atoms with Crippen molar-refractivity contribution in [2.45, 2.75) is 25.1 Å². The number of alkyl halides is 1. The van der Waals surface area contributed by atoms with Gasteiger partial charge in [0.25, 0.3) is 0 Å². The molecule has 0 radical (unpaired) electrons. The van der Waals surface area contributed by atoms with Crippen molar-refractivity contribution in [2.24, 2.45) is 5.92 Å². The molecule has 1 N–H and O–H groups in total. The van der Waals surface area contributed by atoms with Crippen LogP contribution in [0.3, 0.4) is 0 Å². The van der Waals surface area contributed by atoms with E-state index in [0.29, 0.717) is 11.9 Å². The molecule has 0 saturated heterocycles. The first kappa shape index (κ1) is 11.7. The van der Waals surface area contributed by atoms with E-state index in [1.807, 2.05) is 0 Å². The molecule has 0 aliphatic heterocycles. The summed E-state index contributed by atoms with van der Waals surface area (Å²) in [7, 11) is 0. The largest absolute Gasteiger partial charge is 0.407 e. The van der Waals surface area contributed by atoms with Crippen LogP contribution in [0.15, 0.2) is 4.42 Å². The number of ether oxygens (including phenoxy) is 1. The Hall–Kier alpha value is -0.810. The summed E-state index contributed by atoms with van der Waals surface area (Å²) in [6, 6.07) is 0.429. The smallest absolute Gasteiger partial charge is 0.315 e. The molecule has 5 nitrogen and oxygen atoms in total. The minimum atomic E-state index is 0.249. The number of hydrogen-bond acceptors (Lipinski definition) is 5. The zero-order chi connectivity index (χ0) is 11.2. The molecular weight excluding hydrogens is 230 g/mol. The maximum absolute atomic E-state index is 5.53. The molecular formula is C10H16ClN3O2. The van der Waals surface area contributed by atoms with Gasteiger partial charge in [0.05, 0.1) is 0 Å². The molecule has 0 aromatic carbocycles. The van der Waals surface area contributed by atoms with Gasteiger partial charge in [0.2, 0.25) is 5.89 Å². The maximum Gasteiger partial charge on any atom is 0.315 e. The van der Waals surface area contributed by atoms with Crippen LogP contribution in [0.1, 0.15) is 25.2 Å². The number of rotatable bonds is 8. The quantitative estimate of drug-likeness (QED) is 0.561. The van der Waals surface area contributed by atoms with Crippen molar-refractivity contribution in [3.63, 3.8) is 0 Å². The highest BCUT2D eigenvalue weighted by Gasteiger charge is 2.20. The Morgan fingerprint density at radius 3 is 3.00 bits per heavy atom. The van der Waals surface area contributed by atoms with Crippen LogP contribution >= 0.6 is 11.6 Å². The van der Waals surface area contributed by atoms with Crippen molar-refractivity contribution in [3.8, 4) is 0 Å². The number of halogens is 1. The van der Waals surface area contributed by atoms with E-state index in [1.54, 1.807) is 0 Å². The first-order valence-corrected chi connectivity index (χ1v) is 6.12. The SMILES string of the molecule is ClCc1nnc(NCCCOCC2CC2)o1. The second-order valence-electron chi connectivity index (χ2n) is 3.93. The van der Waals surface area contributed by atoms with Gasteiger partial charge in [0.15, 0.2) is 0 Å². The summed E-state index contributed by atoms with van der Waals surface area (Å²) in [5, 5.41) is 10.6. The molecule has 0 bridgehead atoms. The van der Waals surface area contributed by atoms with Crippen LogP contribution in [-0.4, -0.2) is 30.0 Å². The molecule has 0 atom stereocenters. The number of hydrogen-bond donors (Lipinski definition) is 1. The van der Waals surface area contributed by atoms with Crippen LogP contribution in [0.2, 0.25) is 0 Å². The average Bonchev–Trinajstić information content (AvgIpc) is 3.01. The standard InChI is InChI=1S/C10H16ClN3O2/c11-6-9-13-14-10(16-9)12-4-1-5-15-7-8-2-3-8/h8H,1-7H2,(H,12,14). The van der Waals surface area contributed by atoms with Gasteiger partial charge in [-0.25, -0.2) is 0 Å². The van der Waals surface area contributed by atoms with Gasteiger partial charge in [0.1, 0.15) is 5.88 Å². The predicted molar refractivity (Wildman–Crippen MR) is 60.5 cm³/mol. The fourth-order valence-electron chi connectivity index (χ4n) is 1.28. The normalized spacial score (nSPS) is 15.3. The molecule has 90 valence electrons. The van der Waals surface area contributed by atoms with Gasteiger partial charge in [-0.2, -0.15) is 0 Å². The minimum Gasteiger partial charge on any atom is -0.407 e. The van der Waals surface area contributed by atoms with Crippen molar-refractivity contribution < 1.29 is 9.15 Å². The van der Waals surface area contributed by atoms with Crippen molar-refractivity contribution in [2.75, 3.05) is 25.1 Å². The van der Waals surface area contributed by atoms with E-state index in [4.69, 9.17) is 20.8 Å². The number of anilines is 1. The van der Waals surface area contributed by atoms with Crippen LogP contribution < -0.4 is 5.32 Å². The molecule has 1 aliphatic carbocycles. The molecule has 16 heavy (non-hydrogen) atoms. The molecule has 6 heteroatoms. The van der Waals surface area contributed by atoms with E-state index in [-0.39, 0.29) is 5.88 Å². The van der Waals surface area contributed by atoms with E-state index >= 15 is 0 Å². The molecule has 0 amide bonds. The molecule has 1 aromatic rings. The second kappa shape index (κ2) is 6.06. The third kappa shape index (κ3) is 3.98. The minimum absolute atomic E-state index is 0.249. The monoisotopic (exact) mass is 245 g/mol. The third-order valence-electron chi connectivity index (χ3n) is 2.37. The highest BCUT2D eigenvalue weighted by atomic mass is 35.5. The van der Waals surface area contributed by atoms with E-state index < -0.39 is 0 Å². The summed E-state index contributed by atoms with van der Waals surface area (Å²) < 4.78 is 10.7. The highest BCUT2D eigenvalue weighted by Crippen LogP contribution is 2.28. The summed E-state index contributed by atoms with van der Waals surface area (Å²) >= 11 is 5.53. The summed E-state index contributed by atoms with van der Waals surface area (Å²) in [4.78, 5) is 0. The Morgan fingerprint density at radius 1 is 1.44 bits per heavy atom. The fraction of sp³-hybridized carbons (Fsp3) is 0.800. The molecule has 1 fully saturated rings. The van der Waals surface area contributed by atoms with Crippen molar-refractivity contribution in [1.82, 2.24) is 10.2 Å². The zero-order valence-corrected chi connectivity index (χ0v) is 9.87. The lowest BCUT2D eigenvalue weighted by atomic mass is 10.4. The van der Waals surface area contributed by atoms with Gasteiger partial charge in [-0.1, -0.05) is 5.10 Å². The van der Waals surface area contributed by atoms with E-state index in [0.717, 1.165) is 32.1 Å². The first-order chi connectivity index (χ1) is 7.88. The van der Waals surface area contributed by atoms with Crippen LogP contribution in [0, 0.1) is 5.92 Å². The first-order valence-electron chi connectivity index (χ1n) is 5.58. The van der Waals surface area contributed by atoms with Gasteiger partial charge < -0.3 is 14.5 Å². The van der Waals surface area contributed by atoms with Crippen molar-refractivity contribution in [1.29, 1.82) is 0 Å². The topological polar surface area (TPSA) is 60.2 Å². The van der Waals surface area contributed by atoms with Crippen LogP contribution in [0.4, 0.5) is 6.01 Å². The number of nitrogens with one attached hydrogen (secondary N) is 1. The van der Waals surface area contributed by atoms with Gasteiger partial charge in [0, 0.05) is 19.8 Å². The van der Waals surface area contributed by atoms with Gasteiger partial charge in [-0.15, -0.1) is 16.7 Å². The Bertz CT molecular complexity index is 315. The molecule has 1 heterocycles. The van der Waals surface area contributed by atoms with Crippen LogP contribution in [0.5, 0.6) is 0 Å². The van der Waals surface area contributed by atoms with Gasteiger partial charge in [-0.3, -0.25) is 0 Å². The maximum atomic E-state index is 5.53. The lowest BCUT2D eigenvalue weighted by Gasteiger charge is -2.02. The summed E-state index contributed by atoms with van der Waals surface area (Å²) in [5.41, 5.74) is 0. The van der Waals surface area contributed by atoms with Crippen LogP contribution in [-0.2, 0) is 10.6 Å². The average molecular weight is 246 g/mol. The van der Waals surface area contributed by atoms with Gasteiger partial charge in [-0.05, 0) is 25.2 Å². The Balaban J connectivity index is 1.49. The third-order valence-corrected chi connectivity index (χ3v) is 2.60. The lowest BCUT2D eigenvalue weighted by molar-refractivity contribution is 0.124. The Labute approximate surface area is 99.5 Å². The highest BCUT2D eigenvalue weighted by molar-refractivity contribution is 6.16. The molecule has 2 rings (SSSR count). The Kier molecular flexibility index (Phi) is 4.42. The summed E-state index contributed by atoms with van der Waals surface area (Å²) in [5.74, 6) is 1.52. The summed E-state index contributed by atoms with van der Waals surface area (Å²) in [6.45, 7) is 2.46.